The van der Waals surface area contributed by atoms with Crippen LogP contribution in [0.2, 0.25) is 0 Å². The monoisotopic (exact) mass is 329 g/mol. The molecule has 0 aliphatic carbocycles. The lowest BCUT2D eigenvalue weighted by atomic mass is 10.1. The summed E-state index contributed by atoms with van der Waals surface area (Å²) in [7, 11) is 1.80. The average Bonchev–Trinajstić information content (AvgIpc) is 3.06. The number of nitrogens with zero attached hydrogens (tertiary/aromatic N) is 4. The summed E-state index contributed by atoms with van der Waals surface area (Å²) in [6.07, 6.45) is 4.13. The van der Waals surface area contributed by atoms with Crippen molar-refractivity contribution in [2.24, 2.45) is 0 Å². The number of phenolic OH excluding ortho intramolecular Hbond substituents is 1. The van der Waals surface area contributed by atoms with E-state index in [1.165, 1.54) is 6.33 Å². The van der Waals surface area contributed by atoms with Crippen LogP contribution in [0.5, 0.6) is 5.75 Å². The minimum atomic E-state index is -0.109. The van der Waals surface area contributed by atoms with Crippen molar-refractivity contribution in [2.45, 2.75) is 44.8 Å². The van der Waals surface area contributed by atoms with E-state index in [4.69, 9.17) is 0 Å². The number of hydrogen-bond donors (Lipinski definition) is 2. The summed E-state index contributed by atoms with van der Waals surface area (Å²) in [6, 6.07) is 6.92. The first-order valence-corrected chi connectivity index (χ1v) is 8.23. The van der Waals surface area contributed by atoms with E-state index >= 15 is 0 Å². The van der Waals surface area contributed by atoms with Gasteiger partial charge in [-0.3, -0.25) is 0 Å². The van der Waals surface area contributed by atoms with Crippen LogP contribution in [0.15, 0.2) is 30.6 Å². The van der Waals surface area contributed by atoms with Crippen molar-refractivity contribution in [3.05, 3.63) is 42.0 Å². The molecule has 128 valence electrons. The number of aromatic hydroxyl groups is 1. The van der Waals surface area contributed by atoms with Gasteiger partial charge in [0.2, 0.25) is 0 Å². The summed E-state index contributed by atoms with van der Waals surface area (Å²) in [5.74, 6) is 1.08. The number of urea groups is 1. The zero-order valence-corrected chi connectivity index (χ0v) is 14.0. The Kier molecular flexibility index (Phi) is 4.69. The number of nitrogens with one attached hydrogen (secondary N) is 1. The fourth-order valence-corrected chi connectivity index (χ4v) is 2.99. The Morgan fingerprint density at radius 2 is 2.21 bits per heavy atom. The quantitative estimate of drug-likeness (QED) is 0.900. The second kappa shape index (κ2) is 6.90. The predicted molar refractivity (Wildman–Crippen MR) is 89.6 cm³/mol. The molecular weight excluding hydrogens is 306 g/mol. The smallest absolute Gasteiger partial charge is 0.317 e. The number of benzene rings is 1. The number of hydrogen-bond acceptors (Lipinski definition) is 4. The van der Waals surface area contributed by atoms with E-state index in [2.05, 4.69) is 15.4 Å². The van der Waals surface area contributed by atoms with Crippen molar-refractivity contribution in [3.8, 4) is 5.75 Å². The minimum absolute atomic E-state index is 0.0380. The van der Waals surface area contributed by atoms with Crippen LogP contribution in [0.1, 0.15) is 37.2 Å². The van der Waals surface area contributed by atoms with Gasteiger partial charge in [0.25, 0.3) is 0 Å². The van der Waals surface area contributed by atoms with Crippen LogP contribution < -0.4 is 5.32 Å². The van der Waals surface area contributed by atoms with E-state index in [9.17, 15) is 9.90 Å². The molecule has 2 aromatic rings. The number of fused-ring (bicyclic) bond motifs is 1. The normalized spacial score (nSPS) is 17.8. The molecule has 0 saturated heterocycles. The highest BCUT2D eigenvalue weighted by Crippen LogP contribution is 2.22. The first-order valence-electron chi connectivity index (χ1n) is 8.23. The Hall–Kier alpha value is -2.57. The second-order valence-electron chi connectivity index (χ2n) is 6.32. The SMILES string of the molecule is C[C@@H](Cc1ccc(O)cc1)N(C)C(=O)N[C@@H]1CCCn2ncnc21. The lowest BCUT2D eigenvalue weighted by molar-refractivity contribution is 0.186. The molecule has 3 rings (SSSR count). The molecule has 1 aliphatic rings. The molecule has 1 aromatic carbocycles. The maximum atomic E-state index is 12.5. The molecule has 2 heterocycles. The molecule has 2 N–H and O–H groups in total. The van der Waals surface area contributed by atoms with Crippen LogP contribution >= 0.6 is 0 Å². The molecule has 2 atom stereocenters. The molecule has 24 heavy (non-hydrogen) atoms. The summed E-state index contributed by atoms with van der Waals surface area (Å²) in [6.45, 7) is 2.87. The molecule has 0 fully saturated rings. The Morgan fingerprint density at radius 1 is 1.46 bits per heavy atom. The van der Waals surface area contributed by atoms with Crippen molar-refractivity contribution >= 4 is 6.03 Å². The van der Waals surface area contributed by atoms with E-state index in [0.29, 0.717) is 0 Å². The van der Waals surface area contributed by atoms with Gasteiger partial charge in [-0.25, -0.2) is 14.5 Å². The highest BCUT2D eigenvalue weighted by Gasteiger charge is 2.26. The molecular formula is C17H23N5O2. The molecule has 2 amide bonds. The van der Waals surface area contributed by atoms with Crippen molar-refractivity contribution in [1.82, 2.24) is 25.0 Å². The standard InChI is InChI=1S/C17H23N5O2/c1-12(10-13-5-7-14(23)8-6-13)21(2)17(24)20-15-4-3-9-22-16(15)18-11-19-22/h5-8,11-12,15,23H,3-4,9-10H2,1-2H3,(H,20,24)/t12-,15+/m0/s1. The maximum absolute atomic E-state index is 12.5. The van der Waals surface area contributed by atoms with Crippen molar-refractivity contribution < 1.29 is 9.90 Å². The Bertz CT molecular complexity index is 697. The summed E-state index contributed by atoms with van der Waals surface area (Å²) in [5.41, 5.74) is 1.08. The average molecular weight is 329 g/mol. The van der Waals surface area contributed by atoms with Gasteiger partial charge < -0.3 is 15.3 Å². The Labute approximate surface area is 141 Å². The third-order valence-electron chi connectivity index (χ3n) is 4.57. The number of rotatable bonds is 4. The van der Waals surface area contributed by atoms with Gasteiger partial charge in [0.15, 0.2) is 0 Å². The molecule has 7 nitrogen and oxygen atoms in total. The van der Waals surface area contributed by atoms with Crippen LogP contribution in [0.3, 0.4) is 0 Å². The molecule has 0 bridgehead atoms. The number of likely N-dealkylation sites (N-methyl/N-ethyl adjacent to an activating group) is 1. The lowest BCUT2D eigenvalue weighted by Crippen LogP contribution is -2.45. The van der Waals surface area contributed by atoms with Gasteiger partial charge in [0, 0.05) is 19.6 Å². The molecule has 0 radical (unpaired) electrons. The topological polar surface area (TPSA) is 83.3 Å². The first kappa shape index (κ1) is 16.3. The van der Waals surface area contributed by atoms with Gasteiger partial charge in [0.05, 0.1) is 6.04 Å². The van der Waals surface area contributed by atoms with E-state index in [0.717, 1.165) is 37.2 Å². The molecule has 1 aliphatic heterocycles. The van der Waals surface area contributed by atoms with Crippen molar-refractivity contribution in [3.63, 3.8) is 0 Å². The highest BCUT2D eigenvalue weighted by atomic mass is 16.3. The summed E-state index contributed by atoms with van der Waals surface area (Å²) in [5, 5.41) is 16.6. The predicted octanol–water partition coefficient (Wildman–Crippen LogP) is 2.09. The molecule has 0 spiro atoms. The van der Waals surface area contributed by atoms with E-state index in [-0.39, 0.29) is 23.9 Å². The Morgan fingerprint density at radius 3 is 2.96 bits per heavy atom. The minimum Gasteiger partial charge on any atom is -0.508 e. The van der Waals surface area contributed by atoms with Gasteiger partial charge in [-0.1, -0.05) is 12.1 Å². The van der Waals surface area contributed by atoms with Gasteiger partial charge in [-0.2, -0.15) is 5.10 Å². The van der Waals surface area contributed by atoms with Crippen LogP contribution in [0.4, 0.5) is 4.79 Å². The number of aryl methyl sites for hydroxylation is 1. The third kappa shape index (κ3) is 3.50. The number of carbonyl (C=O) groups excluding carboxylic acids is 1. The Balaban J connectivity index is 1.59. The summed E-state index contributed by atoms with van der Waals surface area (Å²) in [4.78, 5) is 18.5. The van der Waals surface area contributed by atoms with E-state index in [1.807, 2.05) is 23.7 Å². The van der Waals surface area contributed by atoms with Crippen molar-refractivity contribution in [1.29, 1.82) is 0 Å². The molecule has 7 heteroatoms. The fraction of sp³-hybridized carbons (Fsp3) is 0.471. The number of phenols is 1. The maximum Gasteiger partial charge on any atom is 0.317 e. The van der Waals surface area contributed by atoms with E-state index < -0.39 is 0 Å². The molecule has 0 unspecified atom stereocenters. The molecule has 1 aromatic heterocycles. The van der Waals surface area contributed by atoms with Crippen LogP contribution in [0, 0.1) is 0 Å². The number of amides is 2. The largest absolute Gasteiger partial charge is 0.508 e. The van der Waals surface area contributed by atoms with Crippen molar-refractivity contribution in [2.75, 3.05) is 7.05 Å². The summed E-state index contributed by atoms with van der Waals surface area (Å²) >= 11 is 0. The first-order chi connectivity index (χ1) is 11.5. The highest BCUT2D eigenvalue weighted by molar-refractivity contribution is 5.74. The number of aromatic nitrogens is 3. The second-order valence-corrected chi connectivity index (χ2v) is 6.32. The van der Waals surface area contributed by atoms with Gasteiger partial charge in [0.1, 0.15) is 17.9 Å². The zero-order chi connectivity index (χ0) is 17.1. The van der Waals surface area contributed by atoms with Crippen LogP contribution in [-0.2, 0) is 13.0 Å². The van der Waals surface area contributed by atoms with Crippen LogP contribution in [-0.4, -0.2) is 43.9 Å². The van der Waals surface area contributed by atoms with E-state index in [1.54, 1.807) is 24.1 Å². The van der Waals surface area contributed by atoms with Gasteiger partial charge in [-0.05, 0) is 43.9 Å². The fourth-order valence-electron chi connectivity index (χ4n) is 2.99. The van der Waals surface area contributed by atoms with Gasteiger partial charge in [-0.15, -0.1) is 0 Å². The van der Waals surface area contributed by atoms with Gasteiger partial charge >= 0.3 is 6.03 Å². The summed E-state index contributed by atoms with van der Waals surface area (Å²) < 4.78 is 1.86. The lowest BCUT2D eigenvalue weighted by Gasteiger charge is -2.29. The molecule has 0 saturated carbocycles. The third-order valence-corrected chi connectivity index (χ3v) is 4.57. The van der Waals surface area contributed by atoms with Crippen LogP contribution in [0.25, 0.3) is 0 Å². The number of carbonyl (C=O) groups is 1. The zero-order valence-electron chi connectivity index (χ0n) is 14.0.